The Balaban J connectivity index is 2.27. The van der Waals surface area contributed by atoms with Crippen molar-refractivity contribution >= 4 is 11.6 Å². The molecule has 0 aromatic heterocycles. The number of ketones is 2. The summed E-state index contributed by atoms with van der Waals surface area (Å²) in [7, 11) is 0. The van der Waals surface area contributed by atoms with Crippen molar-refractivity contribution in [3.63, 3.8) is 0 Å². The molecule has 1 aromatic carbocycles. The number of rotatable bonds is 7. The Hall–Kier alpha value is -2.36. The van der Waals surface area contributed by atoms with Gasteiger partial charge in [-0.05, 0) is 31.6 Å². The van der Waals surface area contributed by atoms with Gasteiger partial charge in [0.05, 0.1) is 13.2 Å². The summed E-state index contributed by atoms with van der Waals surface area (Å²) in [6.07, 6.45) is 3.16. The van der Waals surface area contributed by atoms with Crippen molar-refractivity contribution < 1.29 is 19.1 Å². The zero-order valence-corrected chi connectivity index (χ0v) is 12.9. The largest absolute Gasteiger partial charge is 0.493 e. The fraction of sp³-hybridized carbons (Fsp3) is 0.333. The predicted octanol–water partition coefficient (Wildman–Crippen LogP) is 2.84. The lowest BCUT2D eigenvalue weighted by Crippen LogP contribution is -2.30. The number of hydrogen-bond acceptors (Lipinski definition) is 4. The monoisotopic (exact) mass is 300 g/mol. The Morgan fingerprint density at radius 3 is 2.36 bits per heavy atom. The molecule has 0 radical (unpaired) electrons. The molecule has 1 atom stereocenters. The van der Waals surface area contributed by atoms with Crippen molar-refractivity contribution in [3.8, 4) is 0 Å². The number of allylic oxidation sites excluding steroid dienone is 3. The molecule has 0 spiro atoms. The maximum atomic E-state index is 12.6. The van der Waals surface area contributed by atoms with Gasteiger partial charge in [0.15, 0.2) is 23.1 Å². The van der Waals surface area contributed by atoms with E-state index in [1.807, 2.05) is 44.2 Å². The molecule has 0 N–H and O–H groups in total. The predicted molar refractivity (Wildman–Crippen MR) is 83.1 cm³/mol. The van der Waals surface area contributed by atoms with Crippen molar-refractivity contribution in [2.45, 2.75) is 20.3 Å². The van der Waals surface area contributed by atoms with Crippen LogP contribution in [0.25, 0.3) is 0 Å². The zero-order chi connectivity index (χ0) is 15.9. The Morgan fingerprint density at radius 1 is 1.05 bits per heavy atom. The van der Waals surface area contributed by atoms with Crippen LogP contribution in [0.1, 0.15) is 19.4 Å². The molecule has 0 amide bonds. The highest BCUT2D eigenvalue weighted by atomic mass is 16.5. The van der Waals surface area contributed by atoms with Crippen molar-refractivity contribution in [1.82, 2.24) is 0 Å². The summed E-state index contributed by atoms with van der Waals surface area (Å²) in [4.78, 5) is 24.8. The molecular weight excluding hydrogens is 280 g/mol. The van der Waals surface area contributed by atoms with E-state index in [1.54, 1.807) is 6.08 Å². The molecule has 2 rings (SSSR count). The van der Waals surface area contributed by atoms with E-state index in [0.717, 1.165) is 5.56 Å². The maximum Gasteiger partial charge on any atom is 0.174 e. The molecule has 0 bridgehead atoms. The van der Waals surface area contributed by atoms with Gasteiger partial charge in [-0.15, -0.1) is 0 Å². The minimum atomic E-state index is -0.910. The van der Waals surface area contributed by atoms with Crippen molar-refractivity contribution in [3.05, 3.63) is 59.6 Å². The van der Waals surface area contributed by atoms with E-state index in [9.17, 15) is 9.59 Å². The average molecular weight is 300 g/mol. The summed E-state index contributed by atoms with van der Waals surface area (Å²) in [6.45, 7) is 4.49. The van der Waals surface area contributed by atoms with E-state index >= 15 is 0 Å². The van der Waals surface area contributed by atoms with Crippen LogP contribution in [0.2, 0.25) is 0 Å². The highest BCUT2D eigenvalue weighted by molar-refractivity contribution is 6.11. The molecule has 0 saturated heterocycles. The van der Waals surface area contributed by atoms with E-state index in [-0.39, 0.29) is 18.0 Å². The lowest BCUT2D eigenvalue weighted by Gasteiger charge is -2.23. The molecule has 4 nitrogen and oxygen atoms in total. The van der Waals surface area contributed by atoms with Gasteiger partial charge in [-0.3, -0.25) is 9.59 Å². The number of Topliss-reactive ketones (excluding diaryl/α,β-unsaturated/α-hetero) is 1. The molecule has 0 heterocycles. The van der Waals surface area contributed by atoms with Crippen LogP contribution in [0.5, 0.6) is 0 Å². The van der Waals surface area contributed by atoms with Crippen LogP contribution in [0.15, 0.2) is 54.0 Å². The van der Waals surface area contributed by atoms with Crippen LogP contribution < -0.4 is 0 Å². The van der Waals surface area contributed by atoms with E-state index in [4.69, 9.17) is 9.47 Å². The van der Waals surface area contributed by atoms with Crippen LogP contribution in [0.3, 0.4) is 0 Å². The smallest absolute Gasteiger partial charge is 0.174 e. The molecule has 22 heavy (non-hydrogen) atoms. The standard InChI is InChI=1S/C18H20O4/c1-3-21-16-11-10-14(19)17(18(16)22-4-2)15(20)12-13-8-6-5-7-9-13/h5-11,17H,3-4,12H2,1-2H3. The third-order valence-electron chi connectivity index (χ3n) is 3.33. The van der Waals surface area contributed by atoms with E-state index in [0.29, 0.717) is 24.7 Å². The lowest BCUT2D eigenvalue weighted by molar-refractivity contribution is -0.130. The second-order valence-corrected chi connectivity index (χ2v) is 4.89. The fourth-order valence-electron chi connectivity index (χ4n) is 2.40. The quantitative estimate of drug-likeness (QED) is 0.727. The summed E-state index contributed by atoms with van der Waals surface area (Å²) < 4.78 is 11.0. The molecule has 0 aliphatic heterocycles. The molecule has 1 aromatic rings. The summed E-state index contributed by atoms with van der Waals surface area (Å²) >= 11 is 0. The van der Waals surface area contributed by atoms with Gasteiger partial charge in [-0.1, -0.05) is 30.3 Å². The second kappa shape index (κ2) is 7.59. The summed E-state index contributed by atoms with van der Waals surface area (Å²) in [6, 6.07) is 9.37. The van der Waals surface area contributed by atoms with E-state index in [1.165, 1.54) is 6.08 Å². The van der Waals surface area contributed by atoms with E-state index in [2.05, 4.69) is 0 Å². The van der Waals surface area contributed by atoms with Crippen LogP contribution >= 0.6 is 0 Å². The molecule has 116 valence electrons. The topological polar surface area (TPSA) is 52.6 Å². The Kier molecular flexibility index (Phi) is 5.53. The number of carbonyl (C=O) groups excluding carboxylic acids is 2. The van der Waals surface area contributed by atoms with Crippen LogP contribution in [-0.4, -0.2) is 24.8 Å². The Morgan fingerprint density at radius 2 is 1.73 bits per heavy atom. The third kappa shape index (κ3) is 3.64. The molecule has 0 fully saturated rings. The lowest BCUT2D eigenvalue weighted by atomic mass is 9.88. The number of carbonyl (C=O) groups is 2. The SMILES string of the molecule is CCOC1=C(OCC)C(C(=O)Cc2ccccc2)C(=O)C=C1. The van der Waals surface area contributed by atoms with Crippen LogP contribution in [0, 0.1) is 5.92 Å². The first kappa shape index (κ1) is 16.0. The molecular formula is C18H20O4. The Bertz CT molecular complexity index is 599. The van der Waals surface area contributed by atoms with E-state index < -0.39 is 5.92 Å². The van der Waals surface area contributed by atoms with Crippen molar-refractivity contribution in [2.75, 3.05) is 13.2 Å². The average Bonchev–Trinajstić information content (AvgIpc) is 2.51. The first-order valence-electron chi connectivity index (χ1n) is 7.45. The molecule has 4 heteroatoms. The van der Waals surface area contributed by atoms with Gasteiger partial charge >= 0.3 is 0 Å². The second-order valence-electron chi connectivity index (χ2n) is 4.89. The molecule has 1 aliphatic rings. The number of ether oxygens (including phenoxy) is 2. The minimum absolute atomic E-state index is 0.179. The van der Waals surface area contributed by atoms with Crippen LogP contribution in [-0.2, 0) is 25.5 Å². The zero-order valence-electron chi connectivity index (χ0n) is 12.9. The van der Waals surface area contributed by atoms with Gasteiger partial charge in [-0.2, -0.15) is 0 Å². The van der Waals surface area contributed by atoms with Gasteiger partial charge in [0.1, 0.15) is 5.92 Å². The van der Waals surface area contributed by atoms with Gasteiger partial charge in [0.25, 0.3) is 0 Å². The first-order chi connectivity index (χ1) is 10.7. The number of hydrogen-bond donors (Lipinski definition) is 0. The summed E-state index contributed by atoms with van der Waals surface area (Å²) in [5.74, 6) is -0.547. The molecule has 0 saturated carbocycles. The highest BCUT2D eigenvalue weighted by Gasteiger charge is 2.35. The molecule has 1 aliphatic carbocycles. The van der Waals surface area contributed by atoms with Gasteiger partial charge < -0.3 is 9.47 Å². The summed E-state index contributed by atoms with van der Waals surface area (Å²) in [5, 5.41) is 0. The highest BCUT2D eigenvalue weighted by Crippen LogP contribution is 2.27. The van der Waals surface area contributed by atoms with Gasteiger partial charge in [0, 0.05) is 6.42 Å². The van der Waals surface area contributed by atoms with Gasteiger partial charge in [-0.25, -0.2) is 0 Å². The maximum absolute atomic E-state index is 12.6. The Labute approximate surface area is 130 Å². The normalized spacial score (nSPS) is 17.5. The minimum Gasteiger partial charge on any atom is -0.493 e. The first-order valence-corrected chi connectivity index (χ1v) is 7.45. The summed E-state index contributed by atoms with van der Waals surface area (Å²) in [5.41, 5.74) is 0.878. The molecule has 1 unspecified atom stereocenters. The third-order valence-corrected chi connectivity index (χ3v) is 3.33. The van der Waals surface area contributed by atoms with Gasteiger partial charge in [0.2, 0.25) is 0 Å². The van der Waals surface area contributed by atoms with Crippen LogP contribution in [0.4, 0.5) is 0 Å². The van der Waals surface area contributed by atoms with Crippen molar-refractivity contribution in [2.24, 2.45) is 5.92 Å². The number of benzene rings is 1. The van der Waals surface area contributed by atoms with Crippen molar-refractivity contribution in [1.29, 1.82) is 0 Å². The fourth-order valence-corrected chi connectivity index (χ4v) is 2.40.